The predicted molar refractivity (Wildman–Crippen MR) is 128 cm³/mol. The summed E-state index contributed by atoms with van der Waals surface area (Å²) in [7, 11) is 0. The number of hydrogen-bond donors (Lipinski definition) is 2. The van der Waals surface area contributed by atoms with Gasteiger partial charge in [-0.3, -0.25) is 0 Å². The van der Waals surface area contributed by atoms with Gasteiger partial charge in [-0.2, -0.15) is 0 Å². The Balaban J connectivity index is -0.000000129. The van der Waals surface area contributed by atoms with Gasteiger partial charge in [0.15, 0.2) is 0 Å². The summed E-state index contributed by atoms with van der Waals surface area (Å²) in [5.74, 6) is 0. The largest absolute Gasteiger partial charge is 0.509 e. The first-order valence-corrected chi connectivity index (χ1v) is 9.15. The molecule has 1 saturated heterocycles. The molecule has 0 atom stereocenters. The van der Waals surface area contributed by atoms with E-state index in [1.54, 1.807) is 27.7 Å². The molecule has 0 radical (unpaired) electrons. The summed E-state index contributed by atoms with van der Waals surface area (Å²) < 4.78 is 15.3. The molecule has 0 aromatic rings. The normalized spacial score (nSPS) is 18.4. The molecule has 1 aliphatic rings. The third-order valence-corrected chi connectivity index (χ3v) is 7.08. The SMILES string of the molecule is C.C.C.CC(C)(O)C(C)(C)C(C)(C)OC(N)=O.CC1(C)OC(=O)OC(C)(C)C1(C)C.O. The van der Waals surface area contributed by atoms with Gasteiger partial charge in [-0.1, -0.05) is 50.0 Å². The van der Waals surface area contributed by atoms with Crippen molar-refractivity contribution in [3.05, 3.63) is 0 Å². The Morgan fingerprint density at radius 1 is 0.871 bits per heavy atom. The number of ether oxygens (including phenoxy) is 3. The minimum atomic E-state index is -0.966. The van der Waals surface area contributed by atoms with Gasteiger partial charge in [-0.25, -0.2) is 9.59 Å². The van der Waals surface area contributed by atoms with Crippen molar-refractivity contribution in [3.63, 3.8) is 0 Å². The Morgan fingerprint density at radius 3 is 1.39 bits per heavy atom. The Bertz CT molecular complexity index is 549. The molecule has 0 aromatic carbocycles. The molecule has 8 nitrogen and oxygen atoms in total. The quantitative estimate of drug-likeness (QED) is 0.540. The molecule has 0 bridgehead atoms. The van der Waals surface area contributed by atoms with Crippen LogP contribution in [0.4, 0.5) is 9.59 Å². The monoisotopic (exact) mass is 455 g/mol. The summed E-state index contributed by atoms with van der Waals surface area (Å²) in [6.45, 7) is 22.2. The zero-order chi connectivity index (χ0) is 22.3. The van der Waals surface area contributed by atoms with Crippen LogP contribution in [-0.2, 0) is 14.2 Å². The summed E-state index contributed by atoms with van der Waals surface area (Å²) >= 11 is 0. The second-order valence-corrected chi connectivity index (χ2v) is 10.2. The minimum absolute atomic E-state index is 0. The van der Waals surface area contributed by atoms with E-state index in [0.29, 0.717) is 0 Å². The van der Waals surface area contributed by atoms with E-state index in [9.17, 15) is 14.7 Å². The van der Waals surface area contributed by atoms with E-state index in [1.165, 1.54) is 0 Å². The summed E-state index contributed by atoms with van der Waals surface area (Å²) in [5.41, 5.74) is 1.38. The Morgan fingerprint density at radius 2 is 1.16 bits per heavy atom. The molecular weight excluding hydrogens is 402 g/mol. The number of hydrogen-bond acceptors (Lipinski definition) is 6. The van der Waals surface area contributed by atoms with Crippen molar-refractivity contribution < 1.29 is 34.4 Å². The van der Waals surface area contributed by atoms with E-state index in [-0.39, 0.29) is 33.2 Å². The summed E-state index contributed by atoms with van der Waals surface area (Å²) in [6, 6.07) is 0. The summed E-state index contributed by atoms with van der Waals surface area (Å²) in [6.07, 6.45) is -1.40. The van der Waals surface area contributed by atoms with Crippen LogP contribution in [0, 0.1) is 10.8 Å². The van der Waals surface area contributed by atoms with Crippen LogP contribution in [0.3, 0.4) is 0 Å². The fraction of sp³-hybridized carbons (Fsp3) is 0.913. The van der Waals surface area contributed by atoms with Crippen LogP contribution in [0.1, 0.15) is 105 Å². The molecule has 1 aliphatic heterocycles. The lowest BCUT2D eigenvalue weighted by atomic mass is 9.66. The van der Waals surface area contributed by atoms with Gasteiger partial charge in [0.1, 0.15) is 16.8 Å². The third kappa shape index (κ3) is 8.15. The van der Waals surface area contributed by atoms with E-state index in [0.717, 1.165) is 0 Å². The smallest absolute Gasteiger partial charge is 0.443 e. The Hall–Kier alpha value is -1.54. The molecule has 1 heterocycles. The van der Waals surface area contributed by atoms with Gasteiger partial charge in [-0.15, -0.1) is 0 Å². The maximum absolute atomic E-state index is 11.1. The van der Waals surface area contributed by atoms with Gasteiger partial charge in [0.25, 0.3) is 0 Å². The number of rotatable bonds is 3. The van der Waals surface area contributed by atoms with Crippen LogP contribution in [0.25, 0.3) is 0 Å². The highest BCUT2D eigenvalue weighted by molar-refractivity contribution is 5.65. The van der Waals surface area contributed by atoms with Gasteiger partial charge in [-0.05, 0) is 55.4 Å². The molecule has 0 spiro atoms. The van der Waals surface area contributed by atoms with E-state index in [1.807, 2.05) is 55.4 Å². The number of amides is 1. The number of aliphatic hydroxyl groups is 1. The zero-order valence-corrected chi connectivity index (χ0v) is 19.6. The molecule has 8 heteroatoms. The maximum Gasteiger partial charge on any atom is 0.509 e. The average Bonchev–Trinajstić information content (AvgIpc) is 2.32. The molecule has 0 saturated carbocycles. The van der Waals surface area contributed by atoms with Crippen molar-refractivity contribution in [2.75, 3.05) is 0 Å². The Kier molecular flexibility index (Phi) is 14.6. The summed E-state index contributed by atoms with van der Waals surface area (Å²) in [4.78, 5) is 21.8. The number of carbonyl (C=O) groups is 2. The predicted octanol–water partition coefficient (Wildman–Crippen LogP) is 5.48. The molecular formula is C23H53NO7. The van der Waals surface area contributed by atoms with Crippen molar-refractivity contribution >= 4 is 12.2 Å². The molecule has 1 amide bonds. The van der Waals surface area contributed by atoms with E-state index >= 15 is 0 Å². The highest BCUT2D eigenvalue weighted by atomic mass is 16.8. The van der Waals surface area contributed by atoms with Crippen molar-refractivity contribution in [1.29, 1.82) is 0 Å². The van der Waals surface area contributed by atoms with Gasteiger partial charge >= 0.3 is 12.2 Å². The lowest BCUT2D eigenvalue weighted by Gasteiger charge is -2.53. The fourth-order valence-electron chi connectivity index (χ4n) is 2.53. The number of primary amides is 1. The van der Waals surface area contributed by atoms with Crippen LogP contribution in [0.5, 0.6) is 0 Å². The van der Waals surface area contributed by atoms with Gasteiger partial charge in [0, 0.05) is 10.8 Å². The number of carbonyl (C=O) groups excluding carboxylic acids is 2. The van der Waals surface area contributed by atoms with Crippen LogP contribution < -0.4 is 5.73 Å². The molecule has 31 heavy (non-hydrogen) atoms. The van der Waals surface area contributed by atoms with Crippen molar-refractivity contribution in [2.45, 2.75) is 128 Å². The average molecular weight is 456 g/mol. The lowest BCUT2D eigenvalue weighted by molar-refractivity contribution is -0.218. The molecule has 0 aromatic heterocycles. The first-order chi connectivity index (χ1) is 11.5. The van der Waals surface area contributed by atoms with Crippen molar-refractivity contribution in [2.24, 2.45) is 16.6 Å². The Labute approximate surface area is 191 Å². The molecule has 0 aliphatic carbocycles. The molecule has 5 N–H and O–H groups in total. The molecule has 0 unspecified atom stereocenters. The minimum Gasteiger partial charge on any atom is -0.443 e. The first kappa shape index (κ1) is 39.9. The van der Waals surface area contributed by atoms with Crippen molar-refractivity contribution in [3.8, 4) is 0 Å². The third-order valence-electron chi connectivity index (χ3n) is 7.08. The van der Waals surface area contributed by atoms with Crippen molar-refractivity contribution in [1.82, 2.24) is 0 Å². The summed E-state index contributed by atoms with van der Waals surface area (Å²) in [5, 5.41) is 9.96. The maximum atomic E-state index is 11.1. The highest BCUT2D eigenvalue weighted by Gasteiger charge is 2.57. The number of cyclic esters (lactones) is 2. The van der Waals surface area contributed by atoms with E-state index < -0.39 is 40.1 Å². The molecule has 192 valence electrons. The second-order valence-electron chi connectivity index (χ2n) is 10.2. The van der Waals surface area contributed by atoms with Gasteiger partial charge in [0.05, 0.1) is 5.60 Å². The first-order valence-electron chi connectivity index (χ1n) is 9.15. The molecule has 1 fully saturated rings. The standard InChI is InChI=1S/C10H21NO3.C10H18O3.3CH4.H2O/c1-8(2,9(3,4)13)10(5,6)14-7(11)12;1-8(2)9(3,4)12-7(11)13-10(8,5)6;;;;/h13H,1-6H3,(H2,11,12);1-6H3;3*1H4;1H2. The van der Waals surface area contributed by atoms with Crippen LogP contribution in [0.15, 0.2) is 0 Å². The second kappa shape index (κ2) is 11.4. The highest BCUT2D eigenvalue weighted by Crippen LogP contribution is 2.48. The lowest BCUT2D eigenvalue weighted by Crippen LogP contribution is -2.61. The van der Waals surface area contributed by atoms with Crippen LogP contribution >= 0.6 is 0 Å². The van der Waals surface area contributed by atoms with Crippen LogP contribution in [0.2, 0.25) is 0 Å². The number of nitrogens with two attached hydrogens (primary N) is 1. The van der Waals surface area contributed by atoms with Gasteiger partial charge < -0.3 is 30.5 Å². The van der Waals surface area contributed by atoms with E-state index in [4.69, 9.17) is 19.9 Å². The van der Waals surface area contributed by atoms with Crippen LogP contribution in [-0.4, -0.2) is 45.2 Å². The van der Waals surface area contributed by atoms with E-state index in [2.05, 4.69) is 0 Å². The fourth-order valence-corrected chi connectivity index (χ4v) is 2.53. The van der Waals surface area contributed by atoms with Gasteiger partial charge in [0.2, 0.25) is 0 Å². The zero-order valence-electron chi connectivity index (χ0n) is 19.6. The molecule has 1 rings (SSSR count). The topological polar surface area (TPSA) is 140 Å².